The topological polar surface area (TPSA) is 55.8 Å². The number of hydrogen-bond acceptors (Lipinski definition) is 5. The third-order valence-electron chi connectivity index (χ3n) is 12.2. The van der Waals surface area contributed by atoms with Gasteiger partial charge in [-0.1, -0.05) is 168 Å². The fourth-order valence-electron chi connectivity index (χ4n) is 8.72. The quantitative estimate of drug-likeness (QED) is 0.234. The van der Waals surface area contributed by atoms with Crippen molar-refractivity contribution in [2.45, 2.75) is 232 Å². The number of likely N-dealkylation sites (tertiary alicyclic amines) is 1. The van der Waals surface area contributed by atoms with Gasteiger partial charge in [0.15, 0.2) is 0 Å². The van der Waals surface area contributed by atoms with Crippen molar-refractivity contribution in [3.63, 3.8) is 0 Å². The molecule has 5 heteroatoms. The number of carbonyl (C=O) groups excluding carboxylic acids is 2. The molecule has 5 nitrogen and oxygen atoms in total. The maximum Gasteiger partial charge on any atom is 0.305 e. The first-order valence-corrected chi connectivity index (χ1v) is 23.1. The Morgan fingerprint density at radius 2 is 0.804 bits per heavy atom. The van der Waals surface area contributed by atoms with Gasteiger partial charge in [0.05, 0.1) is 13.2 Å². The normalized spacial score (nSPS) is 26.4. The Labute approximate surface area is 317 Å². The zero-order valence-electron chi connectivity index (χ0n) is 34.4. The van der Waals surface area contributed by atoms with Gasteiger partial charge in [0, 0.05) is 19.4 Å². The van der Waals surface area contributed by atoms with E-state index in [1.54, 1.807) is 0 Å². The molecular weight excluding hydrogens is 631 g/mol. The van der Waals surface area contributed by atoms with E-state index in [0.717, 1.165) is 44.4 Å². The zero-order chi connectivity index (χ0) is 36.5. The number of ether oxygens (including phenoxy) is 2. The summed E-state index contributed by atoms with van der Waals surface area (Å²) in [7, 11) is 0. The van der Waals surface area contributed by atoms with Crippen LogP contribution in [0.4, 0.5) is 0 Å². The number of hydrogen-bond donors (Lipinski definition) is 0. The van der Waals surface area contributed by atoms with Crippen molar-refractivity contribution in [1.82, 2.24) is 4.90 Å². The number of unbranched alkanes of at least 4 members (excludes halogenated alkanes) is 2. The fourth-order valence-corrected chi connectivity index (χ4v) is 8.72. The van der Waals surface area contributed by atoms with E-state index in [9.17, 15) is 9.59 Å². The minimum atomic E-state index is 0.0217. The van der Waals surface area contributed by atoms with Gasteiger partial charge in [-0.25, -0.2) is 0 Å². The van der Waals surface area contributed by atoms with Crippen LogP contribution < -0.4 is 0 Å². The molecule has 2 heterocycles. The van der Waals surface area contributed by atoms with Crippen LogP contribution in [0.1, 0.15) is 232 Å². The van der Waals surface area contributed by atoms with Crippen molar-refractivity contribution >= 4 is 11.9 Å². The average molecular weight is 718 g/mol. The molecule has 2 rings (SSSR count). The molecule has 0 aliphatic carbocycles. The molecule has 2 fully saturated rings. The lowest BCUT2D eigenvalue weighted by atomic mass is 9.90. The third kappa shape index (κ3) is 27.2. The summed E-state index contributed by atoms with van der Waals surface area (Å²) in [5.41, 5.74) is 0. The van der Waals surface area contributed by atoms with E-state index in [1.807, 2.05) is 0 Å². The molecule has 300 valence electrons. The summed E-state index contributed by atoms with van der Waals surface area (Å²) in [6.07, 6.45) is 41.8. The zero-order valence-corrected chi connectivity index (χ0v) is 34.4. The smallest absolute Gasteiger partial charge is 0.305 e. The molecule has 0 radical (unpaired) electrons. The van der Waals surface area contributed by atoms with Crippen molar-refractivity contribution < 1.29 is 19.1 Å². The molecule has 0 spiro atoms. The molecule has 0 aromatic carbocycles. The summed E-state index contributed by atoms with van der Waals surface area (Å²) in [5.74, 6) is 2.29. The molecule has 2 aliphatic rings. The molecule has 2 saturated heterocycles. The van der Waals surface area contributed by atoms with Crippen molar-refractivity contribution in [3.8, 4) is 0 Å². The molecule has 0 amide bonds. The number of esters is 2. The first kappa shape index (κ1) is 46.1. The highest BCUT2D eigenvalue weighted by Gasteiger charge is 2.18. The molecular formula is C46H87NO4. The number of nitrogens with zero attached hydrogens (tertiary/aromatic N) is 1. The Hall–Kier alpha value is -1.10. The molecule has 0 aromatic heterocycles. The lowest BCUT2D eigenvalue weighted by molar-refractivity contribution is -0.145. The standard InChI is InChI=1S/C46H87NO4/c1-3-5-27-42-29-19-17-18-20-30-43(28-6-4-2)36-40-51-46(49)34-24-16-12-8-10-14-22-32-44(41-47-37-25-26-38-47)31-21-13-9-7-11-15-23-33-45(48)50-39-35-42/h42-44H,3-41H2,1-2H3. The van der Waals surface area contributed by atoms with Crippen LogP contribution in [0.25, 0.3) is 0 Å². The van der Waals surface area contributed by atoms with E-state index in [2.05, 4.69) is 18.7 Å². The van der Waals surface area contributed by atoms with E-state index in [-0.39, 0.29) is 11.9 Å². The van der Waals surface area contributed by atoms with Gasteiger partial charge in [-0.2, -0.15) is 0 Å². The van der Waals surface area contributed by atoms with Crippen molar-refractivity contribution in [1.29, 1.82) is 0 Å². The van der Waals surface area contributed by atoms with Crippen molar-refractivity contribution in [2.24, 2.45) is 17.8 Å². The second-order valence-corrected chi connectivity index (χ2v) is 16.9. The Bertz CT molecular complexity index is 740. The fraction of sp³-hybridized carbons (Fsp3) is 0.957. The highest BCUT2D eigenvalue weighted by Crippen LogP contribution is 2.25. The maximum atomic E-state index is 12.4. The predicted molar refractivity (Wildman–Crippen MR) is 217 cm³/mol. The van der Waals surface area contributed by atoms with Crippen LogP contribution in [0.15, 0.2) is 0 Å². The maximum absolute atomic E-state index is 12.4. The third-order valence-corrected chi connectivity index (χ3v) is 12.2. The minimum Gasteiger partial charge on any atom is -0.466 e. The molecule has 0 N–H and O–H groups in total. The van der Waals surface area contributed by atoms with E-state index in [4.69, 9.17) is 9.47 Å². The van der Waals surface area contributed by atoms with E-state index in [1.165, 1.54) is 187 Å². The lowest BCUT2D eigenvalue weighted by Gasteiger charge is -2.23. The second-order valence-electron chi connectivity index (χ2n) is 16.9. The van der Waals surface area contributed by atoms with Crippen LogP contribution in [0.5, 0.6) is 0 Å². The average Bonchev–Trinajstić information content (AvgIpc) is 3.64. The Kier molecular flexibility index (Phi) is 30.2. The van der Waals surface area contributed by atoms with Gasteiger partial charge in [-0.05, 0) is 82.2 Å². The SMILES string of the molecule is CCCCC1CCCCCCC(CCCC)CCOC(=O)CCCCCCCCCC(CN2CCCC2)CCCCCCCCCC(=O)OCC1. The van der Waals surface area contributed by atoms with Gasteiger partial charge < -0.3 is 14.4 Å². The molecule has 0 bridgehead atoms. The van der Waals surface area contributed by atoms with Gasteiger partial charge in [0.1, 0.15) is 0 Å². The predicted octanol–water partition coefficient (Wildman–Crippen LogP) is 13.6. The highest BCUT2D eigenvalue weighted by molar-refractivity contribution is 5.69. The van der Waals surface area contributed by atoms with Crippen LogP contribution in [-0.4, -0.2) is 49.7 Å². The molecule has 51 heavy (non-hydrogen) atoms. The summed E-state index contributed by atoms with van der Waals surface area (Å²) in [4.78, 5) is 27.6. The van der Waals surface area contributed by atoms with Gasteiger partial charge in [0.2, 0.25) is 0 Å². The molecule has 2 unspecified atom stereocenters. The van der Waals surface area contributed by atoms with Crippen molar-refractivity contribution in [2.75, 3.05) is 32.8 Å². The largest absolute Gasteiger partial charge is 0.466 e. The van der Waals surface area contributed by atoms with Crippen LogP contribution >= 0.6 is 0 Å². The summed E-state index contributed by atoms with van der Waals surface area (Å²) in [6.45, 7) is 9.73. The Morgan fingerprint density at radius 1 is 0.451 bits per heavy atom. The van der Waals surface area contributed by atoms with Crippen LogP contribution in [0.2, 0.25) is 0 Å². The van der Waals surface area contributed by atoms with E-state index in [0.29, 0.717) is 37.9 Å². The number of cyclic esters (lactones) is 2. The first-order valence-electron chi connectivity index (χ1n) is 23.1. The molecule has 0 saturated carbocycles. The first-order chi connectivity index (χ1) is 25.1. The molecule has 2 atom stereocenters. The summed E-state index contributed by atoms with van der Waals surface area (Å²) < 4.78 is 11.4. The van der Waals surface area contributed by atoms with Gasteiger partial charge >= 0.3 is 11.9 Å². The lowest BCUT2D eigenvalue weighted by Crippen LogP contribution is -2.26. The number of carbonyl (C=O) groups is 2. The van der Waals surface area contributed by atoms with Gasteiger partial charge in [0.25, 0.3) is 0 Å². The van der Waals surface area contributed by atoms with Crippen molar-refractivity contribution in [3.05, 3.63) is 0 Å². The van der Waals surface area contributed by atoms with Gasteiger partial charge in [-0.3, -0.25) is 9.59 Å². The Balaban J connectivity index is 1.78. The second kappa shape index (κ2) is 33.5. The van der Waals surface area contributed by atoms with Crippen LogP contribution in [-0.2, 0) is 19.1 Å². The summed E-state index contributed by atoms with van der Waals surface area (Å²) in [6, 6.07) is 0. The van der Waals surface area contributed by atoms with Crippen LogP contribution in [0, 0.1) is 17.8 Å². The molecule has 2 aliphatic heterocycles. The monoisotopic (exact) mass is 718 g/mol. The van der Waals surface area contributed by atoms with E-state index < -0.39 is 0 Å². The van der Waals surface area contributed by atoms with Gasteiger partial charge in [-0.15, -0.1) is 0 Å². The highest BCUT2D eigenvalue weighted by atomic mass is 16.5. The molecule has 0 aromatic rings. The van der Waals surface area contributed by atoms with Crippen LogP contribution in [0.3, 0.4) is 0 Å². The van der Waals surface area contributed by atoms with E-state index >= 15 is 0 Å². The summed E-state index contributed by atoms with van der Waals surface area (Å²) >= 11 is 0. The number of rotatable bonds is 8. The minimum absolute atomic E-state index is 0.0217. The summed E-state index contributed by atoms with van der Waals surface area (Å²) in [5, 5.41) is 0. The Morgan fingerprint density at radius 3 is 1.20 bits per heavy atom.